The smallest absolute Gasteiger partial charge is 0.0824 e. The molecule has 1 aliphatic heterocycles. The first-order valence-corrected chi connectivity index (χ1v) is 3.66. The first-order valence-electron chi connectivity index (χ1n) is 3.66. The number of hydrogen-bond acceptors (Lipinski definition) is 3. The molecule has 0 amide bonds. The van der Waals surface area contributed by atoms with E-state index in [1.807, 2.05) is 6.92 Å². The van der Waals surface area contributed by atoms with E-state index in [0.29, 0.717) is 6.61 Å². The quantitative estimate of drug-likeness (QED) is 0.565. The molecular formula is C7H14O3. The third-order valence-corrected chi connectivity index (χ3v) is 2.12. The maximum atomic E-state index is 9.20. The van der Waals surface area contributed by atoms with Crippen LogP contribution in [0.3, 0.4) is 0 Å². The predicted molar refractivity (Wildman–Crippen MR) is 36.6 cm³/mol. The zero-order valence-corrected chi connectivity index (χ0v) is 6.16. The van der Waals surface area contributed by atoms with Crippen molar-refractivity contribution in [2.75, 3.05) is 13.2 Å². The van der Waals surface area contributed by atoms with Crippen molar-refractivity contribution in [2.24, 2.45) is 5.92 Å². The molecule has 3 heteroatoms. The van der Waals surface area contributed by atoms with Crippen LogP contribution in [0.1, 0.15) is 13.3 Å². The number of rotatable bonds is 2. The summed E-state index contributed by atoms with van der Waals surface area (Å²) in [6.07, 6.45) is 0.364. The van der Waals surface area contributed by atoms with Crippen molar-refractivity contribution >= 4 is 0 Å². The molecule has 0 saturated carbocycles. The lowest BCUT2D eigenvalue weighted by molar-refractivity contribution is 0.0119. The van der Waals surface area contributed by atoms with Crippen LogP contribution in [0, 0.1) is 5.92 Å². The second-order valence-corrected chi connectivity index (χ2v) is 2.78. The van der Waals surface area contributed by atoms with Crippen molar-refractivity contribution in [1.29, 1.82) is 0 Å². The zero-order valence-electron chi connectivity index (χ0n) is 6.16. The second kappa shape index (κ2) is 3.32. The summed E-state index contributed by atoms with van der Waals surface area (Å²) in [6.45, 7) is 2.48. The van der Waals surface area contributed by atoms with Gasteiger partial charge in [0.2, 0.25) is 0 Å². The Hall–Kier alpha value is -0.120. The minimum absolute atomic E-state index is 0.0992. The number of ether oxygens (including phenoxy) is 1. The maximum absolute atomic E-state index is 9.20. The second-order valence-electron chi connectivity index (χ2n) is 2.78. The fraction of sp³-hybridized carbons (Fsp3) is 1.00. The Balaban J connectivity index is 2.38. The molecule has 0 spiro atoms. The van der Waals surface area contributed by atoms with Crippen LogP contribution in [-0.2, 0) is 4.74 Å². The summed E-state index contributed by atoms with van der Waals surface area (Å²) in [7, 11) is 0. The lowest BCUT2D eigenvalue weighted by Gasteiger charge is -2.18. The summed E-state index contributed by atoms with van der Waals surface area (Å²) < 4.78 is 5.22. The van der Waals surface area contributed by atoms with Gasteiger partial charge in [-0.25, -0.2) is 0 Å². The molecule has 3 nitrogen and oxygen atoms in total. The van der Waals surface area contributed by atoms with Gasteiger partial charge in [0.05, 0.1) is 18.8 Å². The van der Waals surface area contributed by atoms with Gasteiger partial charge in [-0.2, -0.15) is 0 Å². The minimum atomic E-state index is -0.600. The summed E-state index contributed by atoms with van der Waals surface area (Å²) in [5.74, 6) is 0.130. The third-order valence-electron chi connectivity index (χ3n) is 2.12. The topological polar surface area (TPSA) is 49.7 Å². The number of aliphatic hydroxyl groups excluding tert-OH is 2. The van der Waals surface area contributed by atoms with E-state index in [-0.39, 0.29) is 18.6 Å². The van der Waals surface area contributed by atoms with Gasteiger partial charge >= 0.3 is 0 Å². The van der Waals surface area contributed by atoms with Gasteiger partial charge in [-0.1, -0.05) is 0 Å². The Kier molecular flexibility index (Phi) is 2.65. The predicted octanol–water partition coefficient (Wildman–Crippen LogP) is -0.235. The molecule has 0 aliphatic carbocycles. The molecule has 1 rings (SSSR count). The van der Waals surface area contributed by atoms with Crippen molar-refractivity contribution in [3.63, 3.8) is 0 Å². The minimum Gasteiger partial charge on any atom is -0.394 e. The van der Waals surface area contributed by atoms with Crippen molar-refractivity contribution in [1.82, 2.24) is 0 Å². The standard InChI is InChI=1S/C7H14O3/c1-5-6(2-3-10-5)7(9)4-8/h5-9H,2-4H2,1H3. The molecule has 1 fully saturated rings. The summed E-state index contributed by atoms with van der Waals surface area (Å²) in [6, 6.07) is 0. The van der Waals surface area contributed by atoms with Crippen LogP contribution in [0.4, 0.5) is 0 Å². The highest BCUT2D eigenvalue weighted by atomic mass is 16.5. The van der Waals surface area contributed by atoms with Gasteiger partial charge in [0.1, 0.15) is 0 Å². The summed E-state index contributed by atoms with van der Waals surface area (Å²) >= 11 is 0. The molecule has 3 atom stereocenters. The van der Waals surface area contributed by atoms with Gasteiger partial charge in [0.25, 0.3) is 0 Å². The third kappa shape index (κ3) is 1.48. The van der Waals surface area contributed by atoms with Crippen LogP contribution in [0.2, 0.25) is 0 Å². The molecule has 60 valence electrons. The molecule has 1 saturated heterocycles. The van der Waals surface area contributed by atoms with Crippen LogP contribution in [0.15, 0.2) is 0 Å². The number of hydrogen-bond donors (Lipinski definition) is 2. The van der Waals surface area contributed by atoms with E-state index in [9.17, 15) is 5.11 Å². The molecular weight excluding hydrogens is 132 g/mol. The Morgan fingerprint density at radius 1 is 1.70 bits per heavy atom. The Labute approximate surface area is 60.6 Å². The highest BCUT2D eigenvalue weighted by molar-refractivity contribution is 4.78. The molecule has 1 aliphatic rings. The lowest BCUT2D eigenvalue weighted by atomic mass is 9.97. The van der Waals surface area contributed by atoms with E-state index >= 15 is 0 Å². The van der Waals surface area contributed by atoms with E-state index in [2.05, 4.69) is 0 Å². The normalized spacial score (nSPS) is 36.3. The molecule has 0 aromatic carbocycles. The molecule has 1 heterocycles. The van der Waals surface area contributed by atoms with Crippen molar-refractivity contribution in [3.8, 4) is 0 Å². The Morgan fingerprint density at radius 2 is 2.40 bits per heavy atom. The first-order chi connectivity index (χ1) is 4.75. The van der Waals surface area contributed by atoms with Gasteiger partial charge in [0.15, 0.2) is 0 Å². The van der Waals surface area contributed by atoms with Crippen LogP contribution >= 0.6 is 0 Å². The van der Waals surface area contributed by atoms with E-state index in [4.69, 9.17) is 9.84 Å². The molecule has 0 aromatic rings. The zero-order chi connectivity index (χ0) is 7.56. The average Bonchev–Trinajstić information content (AvgIpc) is 2.34. The van der Waals surface area contributed by atoms with Crippen LogP contribution in [0.25, 0.3) is 0 Å². The monoisotopic (exact) mass is 146 g/mol. The van der Waals surface area contributed by atoms with Crippen LogP contribution in [-0.4, -0.2) is 35.6 Å². The van der Waals surface area contributed by atoms with Crippen molar-refractivity contribution in [2.45, 2.75) is 25.6 Å². The highest BCUT2D eigenvalue weighted by Crippen LogP contribution is 2.23. The van der Waals surface area contributed by atoms with Gasteiger partial charge in [-0.05, 0) is 13.3 Å². The summed E-state index contributed by atoms with van der Waals surface area (Å²) in [5, 5.41) is 17.8. The van der Waals surface area contributed by atoms with Gasteiger partial charge < -0.3 is 14.9 Å². The Morgan fingerprint density at radius 3 is 2.80 bits per heavy atom. The van der Waals surface area contributed by atoms with E-state index in [0.717, 1.165) is 6.42 Å². The molecule has 3 unspecified atom stereocenters. The molecule has 0 aromatic heterocycles. The molecule has 2 N–H and O–H groups in total. The fourth-order valence-corrected chi connectivity index (χ4v) is 1.39. The van der Waals surface area contributed by atoms with Crippen LogP contribution in [0.5, 0.6) is 0 Å². The first kappa shape index (κ1) is 7.98. The van der Waals surface area contributed by atoms with E-state index < -0.39 is 6.10 Å². The SMILES string of the molecule is CC1OCCC1C(O)CO. The lowest BCUT2D eigenvalue weighted by Crippen LogP contribution is -2.29. The van der Waals surface area contributed by atoms with Gasteiger partial charge in [-0.3, -0.25) is 0 Å². The van der Waals surface area contributed by atoms with Gasteiger partial charge in [-0.15, -0.1) is 0 Å². The van der Waals surface area contributed by atoms with E-state index in [1.165, 1.54) is 0 Å². The summed E-state index contributed by atoms with van der Waals surface area (Å²) in [4.78, 5) is 0. The Bertz CT molecular complexity index is 105. The summed E-state index contributed by atoms with van der Waals surface area (Å²) in [5.41, 5.74) is 0. The molecule has 0 bridgehead atoms. The van der Waals surface area contributed by atoms with Crippen LogP contribution < -0.4 is 0 Å². The average molecular weight is 146 g/mol. The molecule has 0 radical (unpaired) electrons. The van der Waals surface area contributed by atoms with Crippen molar-refractivity contribution < 1.29 is 14.9 Å². The van der Waals surface area contributed by atoms with Crippen molar-refractivity contribution in [3.05, 3.63) is 0 Å². The molecule has 10 heavy (non-hydrogen) atoms. The fourth-order valence-electron chi connectivity index (χ4n) is 1.39. The van der Waals surface area contributed by atoms with E-state index in [1.54, 1.807) is 0 Å². The largest absolute Gasteiger partial charge is 0.394 e. The number of aliphatic hydroxyl groups is 2. The van der Waals surface area contributed by atoms with Gasteiger partial charge in [0, 0.05) is 12.5 Å². The maximum Gasteiger partial charge on any atom is 0.0824 e. The highest BCUT2D eigenvalue weighted by Gasteiger charge is 2.29.